The number of hydrogen-bond acceptors (Lipinski definition) is 3. The van der Waals surface area contributed by atoms with Gasteiger partial charge in [-0.15, -0.1) is 0 Å². The molecule has 1 N–H and O–H groups in total. The zero-order valence-corrected chi connectivity index (χ0v) is 15.9. The lowest BCUT2D eigenvalue weighted by molar-refractivity contribution is -0.114. The van der Waals surface area contributed by atoms with Gasteiger partial charge in [-0.05, 0) is 55.2 Å². The fraction of sp³-hybridized carbons (Fsp3) is 0.316. The van der Waals surface area contributed by atoms with E-state index in [1.165, 1.54) is 0 Å². The number of carbonyl (C=O) groups excluding carboxylic acids is 1. The van der Waals surface area contributed by atoms with E-state index >= 15 is 0 Å². The lowest BCUT2D eigenvalue weighted by Gasteiger charge is -2.22. The lowest BCUT2D eigenvalue weighted by Crippen LogP contribution is -2.37. The third-order valence-electron chi connectivity index (χ3n) is 4.20. The molecule has 0 fully saturated rings. The highest BCUT2D eigenvalue weighted by molar-refractivity contribution is 7.92. The van der Waals surface area contributed by atoms with Crippen molar-refractivity contribution in [3.05, 3.63) is 59.2 Å². The van der Waals surface area contributed by atoms with Crippen LogP contribution in [0.1, 0.15) is 23.6 Å². The number of aryl methyl sites for hydroxylation is 2. The molecule has 5 nitrogen and oxygen atoms in total. The molecule has 0 radical (unpaired) electrons. The van der Waals surface area contributed by atoms with E-state index in [0.717, 1.165) is 33.7 Å². The zero-order chi connectivity index (χ0) is 18.6. The van der Waals surface area contributed by atoms with Gasteiger partial charge in [-0.3, -0.25) is 9.10 Å². The third kappa shape index (κ3) is 4.82. The number of carbonyl (C=O) groups is 1. The van der Waals surface area contributed by atoms with E-state index in [-0.39, 0.29) is 12.5 Å². The van der Waals surface area contributed by atoms with Crippen LogP contribution in [-0.4, -0.2) is 27.1 Å². The van der Waals surface area contributed by atoms with Crippen molar-refractivity contribution in [2.24, 2.45) is 0 Å². The number of nitrogens with zero attached hydrogens (tertiary/aromatic N) is 1. The van der Waals surface area contributed by atoms with Crippen molar-refractivity contribution in [1.82, 2.24) is 0 Å². The average Bonchev–Trinajstić information content (AvgIpc) is 2.56. The predicted octanol–water partition coefficient (Wildman–Crippen LogP) is 3.27. The van der Waals surface area contributed by atoms with E-state index in [9.17, 15) is 13.2 Å². The zero-order valence-electron chi connectivity index (χ0n) is 15.0. The average molecular weight is 360 g/mol. The van der Waals surface area contributed by atoms with Crippen molar-refractivity contribution in [2.75, 3.05) is 22.4 Å². The van der Waals surface area contributed by atoms with Gasteiger partial charge in [0, 0.05) is 5.69 Å². The second-order valence-corrected chi connectivity index (χ2v) is 7.99. The van der Waals surface area contributed by atoms with Crippen LogP contribution in [0.25, 0.3) is 0 Å². The fourth-order valence-electron chi connectivity index (χ4n) is 2.50. The quantitative estimate of drug-likeness (QED) is 0.860. The molecule has 0 aliphatic heterocycles. The van der Waals surface area contributed by atoms with Crippen LogP contribution in [0.4, 0.5) is 11.4 Å². The Kier molecular flexibility index (Phi) is 5.85. The van der Waals surface area contributed by atoms with Crippen LogP contribution in [0.15, 0.2) is 42.5 Å². The summed E-state index contributed by atoms with van der Waals surface area (Å²) in [7, 11) is -3.57. The van der Waals surface area contributed by atoms with Crippen LogP contribution < -0.4 is 9.62 Å². The highest BCUT2D eigenvalue weighted by Gasteiger charge is 2.21. The van der Waals surface area contributed by atoms with Gasteiger partial charge in [0.05, 0.1) is 11.9 Å². The van der Waals surface area contributed by atoms with Crippen LogP contribution in [0.5, 0.6) is 0 Å². The number of nitrogens with one attached hydrogen (secondary N) is 1. The first-order chi connectivity index (χ1) is 11.7. The maximum atomic E-state index is 12.4. The lowest BCUT2D eigenvalue weighted by atomic mass is 10.1. The summed E-state index contributed by atoms with van der Waals surface area (Å²) in [4.78, 5) is 12.4. The first-order valence-corrected chi connectivity index (χ1v) is 10.00. The molecule has 0 aliphatic carbocycles. The maximum Gasteiger partial charge on any atom is 0.245 e. The Morgan fingerprint density at radius 2 is 1.72 bits per heavy atom. The van der Waals surface area contributed by atoms with Crippen molar-refractivity contribution >= 4 is 27.3 Å². The minimum atomic E-state index is -3.57. The van der Waals surface area contributed by atoms with Gasteiger partial charge in [0.1, 0.15) is 6.54 Å². The van der Waals surface area contributed by atoms with Gasteiger partial charge in [0.25, 0.3) is 0 Å². The van der Waals surface area contributed by atoms with Crippen LogP contribution in [0, 0.1) is 13.8 Å². The van der Waals surface area contributed by atoms with Gasteiger partial charge in [-0.2, -0.15) is 0 Å². The summed E-state index contributed by atoms with van der Waals surface area (Å²) in [6.07, 6.45) is 1.97. The molecule has 0 aliphatic rings. The molecule has 0 saturated carbocycles. The molecule has 2 rings (SSSR count). The summed E-state index contributed by atoms with van der Waals surface area (Å²) >= 11 is 0. The molecule has 134 valence electrons. The van der Waals surface area contributed by atoms with Crippen LogP contribution in [-0.2, 0) is 21.2 Å². The Labute approximate surface area is 149 Å². The Hall–Kier alpha value is -2.34. The van der Waals surface area contributed by atoms with Crippen molar-refractivity contribution in [3.63, 3.8) is 0 Å². The molecule has 6 heteroatoms. The molecule has 0 atom stereocenters. The van der Waals surface area contributed by atoms with Crippen molar-refractivity contribution < 1.29 is 13.2 Å². The third-order valence-corrected chi connectivity index (χ3v) is 5.34. The summed E-state index contributed by atoms with van der Waals surface area (Å²) in [6.45, 7) is 5.64. The summed E-state index contributed by atoms with van der Waals surface area (Å²) in [5, 5.41) is 2.80. The number of benzene rings is 2. The fourth-order valence-corrected chi connectivity index (χ4v) is 3.36. The Morgan fingerprint density at radius 1 is 1.08 bits per heavy atom. The number of amides is 1. The number of anilines is 2. The Balaban J connectivity index is 2.22. The summed E-state index contributed by atoms with van der Waals surface area (Å²) in [6, 6.07) is 12.8. The van der Waals surface area contributed by atoms with E-state index in [1.54, 1.807) is 18.2 Å². The van der Waals surface area contributed by atoms with Crippen LogP contribution in [0.3, 0.4) is 0 Å². The molecule has 0 bridgehead atoms. The first-order valence-electron chi connectivity index (χ1n) is 8.15. The monoisotopic (exact) mass is 360 g/mol. The van der Waals surface area contributed by atoms with Gasteiger partial charge in [0.15, 0.2) is 0 Å². The van der Waals surface area contributed by atoms with Gasteiger partial charge < -0.3 is 5.32 Å². The molecule has 0 saturated heterocycles. The normalized spacial score (nSPS) is 11.2. The van der Waals surface area contributed by atoms with E-state index in [2.05, 4.69) is 5.32 Å². The largest absolute Gasteiger partial charge is 0.324 e. The summed E-state index contributed by atoms with van der Waals surface area (Å²) in [5.74, 6) is -0.376. The van der Waals surface area contributed by atoms with Crippen LogP contribution in [0.2, 0.25) is 0 Å². The second kappa shape index (κ2) is 7.70. The maximum absolute atomic E-state index is 12.4. The Morgan fingerprint density at radius 3 is 2.28 bits per heavy atom. The molecule has 1 amide bonds. The molecule has 0 aromatic heterocycles. The highest BCUT2D eigenvalue weighted by atomic mass is 32.2. The van der Waals surface area contributed by atoms with E-state index in [0.29, 0.717) is 11.4 Å². The topological polar surface area (TPSA) is 66.5 Å². The van der Waals surface area contributed by atoms with Gasteiger partial charge >= 0.3 is 0 Å². The molecular weight excluding hydrogens is 336 g/mol. The number of sulfonamides is 1. The second-order valence-electron chi connectivity index (χ2n) is 6.09. The molecule has 25 heavy (non-hydrogen) atoms. The van der Waals surface area contributed by atoms with E-state index in [4.69, 9.17) is 0 Å². The minimum absolute atomic E-state index is 0.266. The molecule has 2 aromatic carbocycles. The van der Waals surface area contributed by atoms with E-state index in [1.807, 2.05) is 45.0 Å². The minimum Gasteiger partial charge on any atom is -0.324 e. The van der Waals surface area contributed by atoms with Crippen LogP contribution >= 0.6 is 0 Å². The smallest absolute Gasteiger partial charge is 0.245 e. The predicted molar refractivity (Wildman–Crippen MR) is 103 cm³/mol. The molecular formula is C19H24N2O3S. The summed E-state index contributed by atoms with van der Waals surface area (Å²) in [5.41, 5.74) is 4.31. The molecule has 0 spiro atoms. The number of hydrogen-bond donors (Lipinski definition) is 1. The van der Waals surface area contributed by atoms with Crippen molar-refractivity contribution in [2.45, 2.75) is 27.2 Å². The molecule has 2 aromatic rings. The van der Waals surface area contributed by atoms with Gasteiger partial charge in [-0.1, -0.05) is 31.2 Å². The highest BCUT2D eigenvalue weighted by Crippen LogP contribution is 2.20. The number of rotatable bonds is 6. The SMILES string of the molecule is CCc1ccc(N(CC(=O)Nc2cccc(C)c2C)S(C)(=O)=O)cc1. The standard InChI is InChI=1S/C19H24N2O3S/c1-5-16-9-11-17(12-10-16)21(25(4,23)24)13-19(22)20-18-8-6-7-14(2)15(18)3/h6-12H,5,13H2,1-4H3,(H,20,22). The molecule has 0 unspecified atom stereocenters. The van der Waals surface area contributed by atoms with Gasteiger partial charge in [-0.25, -0.2) is 8.42 Å². The van der Waals surface area contributed by atoms with Gasteiger partial charge in [0.2, 0.25) is 15.9 Å². The molecule has 0 heterocycles. The van der Waals surface area contributed by atoms with Crippen molar-refractivity contribution in [3.8, 4) is 0 Å². The first kappa shape index (κ1) is 19.0. The van der Waals surface area contributed by atoms with Crippen molar-refractivity contribution in [1.29, 1.82) is 0 Å². The Bertz CT molecular complexity index is 859. The summed E-state index contributed by atoms with van der Waals surface area (Å²) < 4.78 is 25.4. The van der Waals surface area contributed by atoms with E-state index < -0.39 is 10.0 Å².